The molecule has 4 unspecified atom stereocenters. The van der Waals surface area contributed by atoms with Gasteiger partial charge in [0.1, 0.15) is 18.9 Å². The van der Waals surface area contributed by atoms with Gasteiger partial charge in [-0.2, -0.15) is 0 Å². The van der Waals surface area contributed by atoms with E-state index in [4.69, 9.17) is 26.7 Å². The Balaban J connectivity index is 5.07. The summed E-state index contributed by atoms with van der Waals surface area (Å²) in [6.07, 6.45) is 1.38. The first-order valence-electron chi connectivity index (χ1n) is 7.46. The van der Waals surface area contributed by atoms with E-state index in [1.807, 2.05) is 0 Å². The van der Waals surface area contributed by atoms with E-state index >= 15 is 0 Å². The Morgan fingerprint density at radius 2 is 1.91 bits per heavy atom. The van der Waals surface area contributed by atoms with Crippen molar-refractivity contribution in [3.05, 3.63) is 12.7 Å². The summed E-state index contributed by atoms with van der Waals surface area (Å²) in [7, 11) is 0. The maximum Gasteiger partial charge on any atom is 0.330 e. The van der Waals surface area contributed by atoms with Crippen LogP contribution in [0.2, 0.25) is 0 Å². The topological polar surface area (TPSA) is 151 Å². The number of esters is 2. The molecule has 0 spiro atoms. The second kappa shape index (κ2) is 8.97. The molecule has 0 amide bonds. The number of ether oxygens (including phenoxy) is 2. The minimum atomic E-state index is -1.74. The van der Waals surface area contributed by atoms with Gasteiger partial charge in [-0.05, 0) is 20.3 Å². The molecule has 7 N–H and O–H groups in total. The zero-order valence-corrected chi connectivity index (χ0v) is 14.1. The molecule has 0 aromatic carbocycles. The predicted octanol–water partition coefficient (Wildman–Crippen LogP) is -0.613. The molecule has 8 heteroatoms. The molecule has 0 rings (SSSR count). The highest BCUT2D eigenvalue weighted by atomic mass is 16.5. The zero-order valence-electron chi connectivity index (χ0n) is 14.1. The fourth-order valence-electron chi connectivity index (χ4n) is 2.13. The SMILES string of the molecule is C=CC(=O)OCC(N)(CC)C(COC(=O)CC(C)N)C(C)(N)O. The molecule has 0 aromatic heterocycles. The fourth-order valence-corrected chi connectivity index (χ4v) is 2.13. The van der Waals surface area contributed by atoms with Gasteiger partial charge in [-0.25, -0.2) is 4.79 Å². The van der Waals surface area contributed by atoms with Crippen molar-refractivity contribution in [2.24, 2.45) is 23.1 Å². The second-order valence-corrected chi connectivity index (χ2v) is 6.04. The lowest BCUT2D eigenvalue weighted by molar-refractivity contribution is -0.155. The average Bonchev–Trinajstić information content (AvgIpc) is 2.42. The Labute approximate surface area is 137 Å². The van der Waals surface area contributed by atoms with E-state index < -0.39 is 29.1 Å². The van der Waals surface area contributed by atoms with Crippen LogP contribution < -0.4 is 17.2 Å². The quantitative estimate of drug-likeness (QED) is 0.235. The summed E-state index contributed by atoms with van der Waals surface area (Å²) in [5, 5.41) is 10.2. The van der Waals surface area contributed by atoms with Crippen LogP contribution in [0.3, 0.4) is 0 Å². The first-order chi connectivity index (χ1) is 10.5. The van der Waals surface area contributed by atoms with Crippen molar-refractivity contribution in [1.29, 1.82) is 0 Å². The summed E-state index contributed by atoms with van der Waals surface area (Å²) < 4.78 is 10.1. The molecule has 134 valence electrons. The van der Waals surface area contributed by atoms with Crippen molar-refractivity contribution in [1.82, 2.24) is 0 Å². The molecule has 0 aliphatic heterocycles. The molecular formula is C15H29N3O5. The molecule has 0 aliphatic carbocycles. The van der Waals surface area contributed by atoms with E-state index in [9.17, 15) is 14.7 Å². The van der Waals surface area contributed by atoms with E-state index in [1.165, 1.54) is 6.92 Å². The molecule has 0 heterocycles. The number of hydrogen-bond donors (Lipinski definition) is 4. The van der Waals surface area contributed by atoms with Gasteiger partial charge in [0.2, 0.25) is 0 Å². The molecule has 0 fully saturated rings. The van der Waals surface area contributed by atoms with Gasteiger partial charge < -0.3 is 31.8 Å². The molecule has 0 saturated carbocycles. The predicted molar refractivity (Wildman–Crippen MR) is 85.9 cm³/mol. The van der Waals surface area contributed by atoms with Crippen LogP contribution in [0.5, 0.6) is 0 Å². The van der Waals surface area contributed by atoms with Crippen molar-refractivity contribution in [3.63, 3.8) is 0 Å². The molecule has 0 saturated heterocycles. The van der Waals surface area contributed by atoms with E-state index in [0.29, 0.717) is 6.42 Å². The molecule has 0 aliphatic rings. The second-order valence-electron chi connectivity index (χ2n) is 6.04. The number of carbonyl (C=O) groups excluding carboxylic acids is 2. The summed E-state index contributed by atoms with van der Waals surface area (Å²) >= 11 is 0. The Bertz CT molecular complexity index is 420. The van der Waals surface area contributed by atoms with Gasteiger partial charge in [-0.1, -0.05) is 13.5 Å². The highest BCUT2D eigenvalue weighted by Crippen LogP contribution is 2.27. The van der Waals surface area contributed by atoms with Crippen LogP contribution in [0.25, 0.3) is 0 Å². The van der Waals surface area contributed by atoms with Crippen LogP contribution in [0, 0.1) is 5.92 Å². The third kappa shape index (κ3) is 7.56. The Hall–Kier alpha value is -1.48. The van der Waals surface area contributed by atoms with E-state index in [2.05, 4.69) is 6.58 Å². The minimum Gasteiger partial charge on any atom is -0.465 e. The molecule has 8 nitrogen and oxygen atoms in total. The molecule has 0 bridgehead atoms. The van der Waals surface area contributed by atoms with Gasteiger partial charge in [0.15, 0.2) is 0 Å². The molecular weight excluding hydrogens is 302 g/mol. The lowest BCUT2D eigenvalue weighted by Crippen LogP contribution is -2.63. The van der Waals surface area contributed by atoms with Crippen LogP contribution in [-0.2, 0) is 19.1 Å². The van der Waals surface area contributed by atoms with Crippen molar-refractivity contribution in [2.45, 2.75) is 50.9 Å². The highest BCUT2D eigenvalue weighted by molar-refractivity contribution is 5.81. The van der Waals surface area contributed by atoms with Crippen LogP contribution >= 0.6 is 0 Å². The van der Waals surface area contributed by atoms with Gasteiger partial charge in [0.05, 0.1) is 17.9 Å². The summed E-state index contributed by atoms with van der Waals surface area (Å²) in [6.45, 7) is 7.66. The highest BCUT2D eigenvalue weighted by Gasteiger charge is 2.44. The number of nitrogens with two attached hydrogens (primary N) is 3. The van der Waals surface area contributed by atoms with Crippen LogP contribution in [-0.4, -0.2) is 47.6 Å². The third-order valence-corrected chi connectivity index (χ3v) is 3.61. The van der Waals surface area contributed by atoms with Crippen molar-refractivity contribution in [3.8, 4) is 0 Å². The van der Waals surface area contributed by atoms with Gasteiger partial charge in [0.25, 0.3) is 0 Å². The summed E-state index contributed by atoms with van der Waals surface area (Å²) in [5.41, 5.74) is 14.6. The van der Waals surface area contributed by atoms with Gasteiger partial charge in [-0.15, -0.1) is 0 Å². The molecule has 0 radical (unpaired) electrons. The normalized spacial score (nSPS) is 18.9. The number of hydrogen-bond acceptors (Lipinski definition) is 8. The van der Waals surface area contributed by atoms with Crippen LogP contribution in [0.1, 0.15) is 33.6 Å². The lowest BCUT2D eigenvalue weighted by atomic mass is 9.77. The summed E-state index contributed by atoms with van der Waals surface area (Å²) in [5.74, 6) is -2.01. The van der Waals surface area contributed by atoms with E-state index in [-0.39, 0.29) is 25.7 Å². The standard InChI is InChI=1S/C15H29N3O5/c1-5-12(19)23-9-15(18,6-2)11(14(4,17)21)8-22-13(20)7-10(3)16/h5,10-11,21H,1,6-9,16-18H2,2-4H3. The van der Waals surface area contributed by atoms with E-state index in [1.54, 1.807) is 13.8 Å². The minimum absolute atomic E-state index is 0.0363. The number of aliphatic hydroxyl groups is 1. The maximum absolute atomic E-state index is 11.6. The molecule has 4 atom stereocenters. The van der Waals surface area contributed by atoms with Gasteiger partial charge in [0, 0.05) is 12.1 Å². The van der Waals surface area contributed by atoms with Crippen molar-refractivity contribution < 1.29 is 24.2 Å². The number of carbonyl (C=O) groups is 2. The number of rotatable bonds is 10. The zero-order chi connectivity index (χ0) is 18.3. The smallest absolute Gasteiger partial charge is 0.330 e. The van der Waals surface area contributed by atoms with Crippen molar-refractivity contribution in [2.75, 3.05) is 13.2 Å². The third-order valence-electron chi connectivity index (χ3n) is 3.61. The molecule has 23 heavy (non-hydrogen) atoms. The molecule has 0 aromatic rings. The van der Waals surface area contributed by atoms with Crippen molar-refractivity contribution >= 4 is 11.9 Å². The first-order valence-corrected chi connectivity index (χ1v) is 7.46. The Kier molecular flexibility index (Phi) is 8.39. The largest absolute Gasteiger partial charge is 0.465 e. The average molecular weight is 331 g/mol. The van der Waals surface area contributed by atoms with Gasteiger partial charge >= 0.3 is 11.9 Å². The summed E-state index contributed by atoms with van der Waals surface area (Å²) in [6, 6.07) is -0.346. The van der Waals surface area contributed by atoms with Gasteiger partial charge in [-0.3, -0.25) is 4.79 Å². The maximum atomic E-state index is 11.6. The monoisotopic (exact) mass is 331 g/mol. The Morgan fingerprint density at radius 1 is 1.35 bits per heavy atom. The van der Waals surface area contributed by atoms with Crippen LogP contribution in [0.4, 0.5) is 0 Å². The summed E-state index contributed by atoms with van der Waals surface area (Å²) in [4.78, 5) is 22.9. The Morgan fingerprint density at radius 3 is 2.30 bits per heavy atom. The van der Waals surface area contributed by atoms with E-state index in [0.717, 1.165) is 6.08 Å². The first kappa shape index (κ1) is 21.5. The lowest BCUT2D eigenvalue weighted by Gasteiger charge is -2.41. The fraction of sp³-hybridized carbons (Fsp3) is 0.733. The van der Waals surface area contributed by atoms with Crippen LogP contribution in [0.15, 0.2) is 12.7 Å².